The summed E-state index contributed by atoms with van der Waals surface area (Å²) in [6, 6.07) is 9.64. The van der Waals surface area contributed by atoms with Crippen LogP contribution < -0.4 is 9.64 Å². The molecule has 1 aromatic carbocycles. The second-order valence-corrected chi connectivity index (χ2v) is 5.99. The second kappa shape index (κ2) is 6.53. The van der Waals surface area contributed by atoms with Crippen molar-refractivity contribution in [3.8, 4) is 5.75 Å². The van der Waals surface area contributed by atoms with Crippen LogP contribution in [0, 0.1) is 6.92 Å². The van der Waals surface area contributed by atoms with Gasteiger partial charge in [-0.15, -0.1) is 0 Å². The maximum Gasteiger partial charge on any atom is 0.132 e. The van der Waals surface area contributed by atoms with Gasteiger partial charge in [0.1, 0.15) is 23.5 Å². The van der Waals surface area contributed by atoms with Gasteiger partial charge in [0.2, 0.25) is 0 Å². The van der Waals surface area contributed by atoms with Crippen molar-refractivity contribution in [3.63, 3.8) is 0 Å². The molecule has 0 amide bonds. The van der Waals surface area contributed by atoms with Gasteiger partial charge in [-0.05, 0) is 31.5 Å². The molecule has 0 bridgehead atoms. The van der Waals surface area contributed by atoms with E-state index in [0.29, 0.717) is 5.02 Å². The Bertz CT molecular complexity index is 662. The van der Waals surface area contributed by atoms with Crippen molar-refractivity contribution >= 4 is 17.4 Å². The van der Waals surface area contributed by atoms with Gasteiger partial charge in [0.15, 0.2) is 0 Å². The fourth-order valence-electron chi connectivity index (χ4n) is 2.72. The van der Waals surface area contributed by atoms with E-state index in [4.69, 9.17) is 16.3 Å². The van der Waals surface area contributed by atoms with E-state index in [9.17, 15) is 0 Å². The minimum atomic E-state index is 0.166. The third-order valence-corrected chi connectivity index (χ3v) is 4.04. The molecule has 2 aromatic rings. The standard InChI is InChI=1S/C17H20ClN3O/c1-3-14-10-17(20-12(2)19-14)21-8-7-16(11-21)22-15-6-4-5-13(18)9-15/h4-6,9-10,16H,3,7-8,11H2,1-2H3. The molecule has 1 atom stereocenters. The summed E-state index contributed by atoms with van der Waals surface area (Å²) >= 11 is 6.00. The van der Waals surface area contributed by atoms with Gasteiger partial charge in [0.25, 0.3) is 0 Å². The van der Waals surface area contributed by atoms with Crippen molar-refractivity contribution in [2.75, 3.05) is 18.0 Å². The van der Waals surface area contributed by atoms with Crippen LogP contribution >= 0.6 is 11.6 Å². The van der Waals surface area contributed by atoms with Crippen molar-refractivity contribution in [1.29, 1.82) is 0 Å². The van der Waals surface area contributed by atoms with Crippen LogP contribution in [0.25, 0.3) is 0 Å². The number of hydrogen-bond donors (Lipinski definition) is 0. The summed E-state index contributed by atoms with van der Waals surface area (Å²) in [7, 11) is 0. The summed E-state index contributed by atoms with van der Waals surface area (Å²) in [6.07, 6.45) is 2.07. The summed E-state index contributed by atoms with van der Waals surface area (Å²) in [5, 5.41) is 0.700. The van der Waals surface area contributed by atoms with Gasteiger partial charge in [-0.1, -0.05) is 24.6 Å². The Morgan fingerprint density at radius 1 is 1.32 bits per heavy atom. The fourth-order valence-corrected chi connectivity index (χ4v) is 2.90. The predicted molar refractivity (Wildman–Crippen MR) is 88.8 cm³/mol. The maximum absolute atomic E-state index is 6.03. The summed E-state index contributed by atoms with van der Waals surface area (Å²) in [6.45, 7) is 5.84. The molecule has 1 unspecified atom stereocenters. The van der Waals surface area contributed by atoms with E-state index in [-0.39, 0.29) is 6.10 Å². The SMILES string of the molecule is CCc1cc(N2CCC(Oc3cccc(Cl)c3)C2)nc(C)n1. The normalized spacial score (nSPS) is 17.8. The highest BCUT2D eigenvalue weighted by atomic mass is 35.5. The summed E-state index contributed by atoms with van der Waals surface area (Å²) in [4.78, 5) is 11.3. The van der Waals surface area contributed by atoms with E-state index >= 15 is 0 Å². The summed E-state index contributed by atoms with van der Waals surface area (Å²) in [5.74, 6) is 2.66. The molecule has 1 aliphatic heterocycles. The molecular weight excluding hydrogens is 298 g/mol. The molecule has 0 spiro atoms. The van der Waals surface area contributed by atoms with Crippen molar-refractivity contribution < 1.29 is 4.74 Å². The highest BCUT2D eigenvalue weighted by Crippen LogP contribution is 2.24. The first-order valence-electron chi connectivity index (χ1n) is 7.66. The molecule has 116 valence electrons. The molecular formula is C17H20ClN3O. The van der Waals surface area contributed by atoms with Crippen LogP contribution in [0.4, 0.5) is 5.82 Å². The molecule has 0 aliphatic carbocycles. The van der Waals surface area contributed by atoms with Crippen molar-refractivity contribution in [2.45, 2.75) is 32.8 Å². The average Bonchev–Trinajstić information content (AvgIpc) is 2.95. The van der Waals surface area contributed by atoms with Crippen LogP contribution in [0.5, 0.6) is 5.75 Å². The number of hydrogen-bond acceptors (Lipinski definition) is 4. The van der Waals surface area contributed by atoms with Gasteiger partial charge in [-0.2, -0.15) is 0 Å². The lowest BCUT2D eigenvalue weighted by molar-refractivity contribution is 0.225. The second-order valence-electron chi connectivity index (χ2n) is 5.55. The van der Waals surface area contributed by atoms with Crippen LogP contribution in [0.2, 0.25) is 5.02 Å². The Morgan fingerprint density at radius 3 is 2.95 bits per heavy atom. The molecule has 4 nitrogen and oxygen atoms in total. The van der Waals surface area contributed by atoms with Crippen LogP contribution in [0.15, 0.2) is 30.3 Å². The Hall–Kier alpha value is -1.81. The Kier molecular flexibility index (Phi) is 4.48. The summed E-state index contributed by atoms with van der Waals surface area (Å²) in [5.41, 5.74) is 1.08. The molecule has 3 rings (SSSR count). The number of rotatable bonds is 4. The lowest BCUT2D eigenvalue weighted by atomic mass is 10.3. The molecule has 1 saturated heterocycles. The number of halogens is 1. The first-order valence-corrected chi connectivity index (χ1v) is 8.03. The average molecular weight is 318 g/mol. The number of benzene rings is 1. The van der Waals surface area contributed by atoms with Crippen molar-refractivity contribution in [2.24, 2.45) is 0 Å². The number of nitrogens with zero attached hydrogens (tertiary/aromatic N) is 3. The third-order valence-electron chi connectivity index (χ3n) is 3.81. The van der Waals surface area contributed by atoms with Crippen LogP contribution in [-0.2, 0) is 6.42 Å². The summed E-state index contributed by atoms with van der Waals surface area (Å²) < 4.78 is 6.03. The van der Waals surface area contributed by atoms with Gasteiger partial charge in [-0.25, -0.2) is 9.97 Å². The van der Waals surface area contributed by atoms with Gasteiger partial charge in [0, 0.05) is 29.7 Å². The zero-order valence-corrected chi connectivity index (χ0v) is 13.7. The molecule has 0 N–H and O–H groups in total. The van der Waals surface area contributed by atoms with Crippen LogP contribution in [0.1, 0.15) is 24.9 Å². The number of ether oxygens (including phenoxy) is 1. The number of aryl methyl sites for hydroxylation is 2. The molecule has 1 aromatic heterocycles. The van der Waals surface area contributed by atoms with Crippen molar-refractivity contribution in [3.05, 3.63) is 46.9 Å². The molecule has 2 heterocycles. The van der Waals surface area contributed by atoms with E-state index in [1.165, 1.54) is 0 Å². The maximum atomic E-state index is 6.03. The van der Waals surface area contributed by atoms with Crippen LogP contribution in [0.3, 0.4) is 0 Å². The van der Waals surface area contributed by atoms with Gasteiger partial charge >= 0.3 is 0 Å². The minimum Gasteiger partial charge on any atom is -0.488 e. The molecule has 0 radical (unpaired) electrons. The number of aromatic nitrogens is 2. The van der Waals surface area contributed by atoms with Gasteiger partial charge < -0.3 is 9.64 Å². The third kappa shape index (κ3) is 3.50. The fraction of sp³-hybridized carbons (Fsp3) is 0.412. The molecule has 1 aliphatic rings. The van der Waals surface area contributed by atoms with E-state index in [1.807, 2.05) is 31.2 Å². The monoisotopic (exact) mass is 317 g/mol. The highest BCUT2D eigenvalue weighted by molar-refractivity contribution is 6.30. The quantitative estimate of drug-likeness (QED) is 0.862. The Labute approximate surface area is 136 Å². The number of anilines is 1. The Morgan fingerprint density at radius 2 is 2.18 bits per heavy atom. The predicted octanol–water partition coefficient (Wildman–Crippen LogP) is 3.66. The van der Waals surface area contributed by atoms with Crippen LogP contribution in [-0.4, -0.2) is 29.2 Å². The van der Waals surface area contributed by atoms with E-state index in [0.717, 1.165) is 49.0 Å². The minimum absolute atomic E-state index is 0.166. The Balaban J connectivity index is 1.68. The first-order chi connectivity index (χ1) is 10.6. The highest BCUT2D eigenvalue weighted by Gasteiger charge is 2.25. The van der Waals surface area contributed by atoms with Gasteiger partial charge in [0.05, 0.1) is 6.54 Å². The molecule has 1 fully saturated rings. The molecule has 22 heavy (non-hydrogen) atoms. The smallest absolute Gasteiger partial charge is 0.132 e. The van der Waals surface area contributed by atoms with E-state index in [1.54, 1.807) is 0 Å². The molecule has 0 saturated carbocycles. The zero-order valence-electron chi connectivity index (χ0n) is 12.9. The van der Waals surface area contributed by atoms with E-state index in [2.05, 4.69) is 27.9 Å². The lowest BCUT2D eigenvalue weighted by Gasteiger charge is -2.19. The van der Waals surface area contributed by atoms with Crippen molar-refractivity contribution in [1.82, 2.24) is 9.97 Å². The van der Waals surface area contributed by atoms with Gasteiger partial charge in [-0.3, -0.25) is 0 Å². The zero-order chi connectivity index (χ0) is 15.5. The largest absolute Gasteiger partial charge is 0.488 e. The lowest BCUT2D eigenvalue weighted by Crippen LogP contribution is -2.25. The molecule has 5 heteroatoms. The topological polar surface area (TPSA) is 38.2 Å². The van der Waals surface area contributed by atoms with E-state index < -0.39 is 0 Å². The first kappa shape index (κ1) is 15.1.